The first kappa shape index (κ1) is 18.0. The number of rotatable bonds is 5. The van der Waals surface area contributed by atoms with Gasteiger partial charge in [0, 0.05) is 49.7 Å². The van der Waals surface area contributed by atoms with E-state index in [1.807, 2.05) is 12.1 Å². The average Bonchev–Trinajstić information content (AvgIpc) is 3.18. The maximum atomic E-state index is 5.24. The van der Waals surface area contributed by atoms with Crippen molar-refractivity contribution in [3.63, 3.8) is 0 Å². The van der Waals surface area contributed by atoms with Gasteiger partial charge < -0.3 is 4.74 Å². The standard InChI is InChI=1S/C21H29N3OS/c1-25-20-9-7-17(8-10-20)21-22-18(16-26-21)15-23-11-13-24(14-12-23)19-5-3-2-4-6-19/h7-10,16,19H,2-6,11-15H2,1H3. The van der Waals surface area contributed by atoms with Gasteiger partial charge in [0.25, 0.3) is 0 Å². The third-order valence-electron chi connectivity index (χ3n) is 5.77. The van der Waals surface area contributed by atoms with Gasteiger partial charge in [-0.2, -0.15) is 0 Å². The van der Waals surface area contributed by atoms with Crippen LogP contribution >= 0.6 is 11.3 Å². The van der Waals surface area contributed by atoms with E-state index in [1.54, 1.807) is 18.4 Å². The zero-order valence-electron chi connectivity index (χ0n) is 15.7. The topological polar surface area (TPSA) is 28.6 Å². The Bertz CT molecular complexity index is 686. The Morgan fingerprint density at radius 1 is 1.04 bits per heavy atom. The molecule has 5 heteroatoms. The van der Waals surface area contributed by atoms with Gasteiger partial charge in [-0.1, -0.05) is 19.3 Å². The van der Waals surface area contributed by atoms with Crippen molar-refractivity contribution in [1.82, 2.24) is 14.8 Å². The lowest BCUT2D eigenvalue weighted by atomic mass is 9.94. The molecule has 1 aliphatic carbocycles. The summed E-state index contributed by atoms with van der Waals surface area (Å²) in [6.45, 7) is 5.77. The summed E-state index contributed by atoms with van der Waals surface area (Å²) in [6.07, 6.45) is 7.13. The van der Waals surface area contributed by atoms with Crippen molar-refractivity contribution in [2.45, 2.75) is 44.7 Å². The highest BCUT2D eigenvalue weighted by Gasteiger charge is 2.25. The number of methoxy groups -OCH3 is 1. The maximum absolute atomic E-state index is 5.24. The largest absolute Gasteiger partial charge is 0.497 e. The van der Waals surface area contributed by atoms with Gasteiger partial charge in [-0.25, -0.2) is 4.98 Å². The summed E-state index contributed by atoms with van der Waals surface area (Å²) in [5.41, 5.74) is 2.37. The van der Waals surface area contributed by atoms with Crippen molar-refractivity contribution >= 4 is 11.3 Å². The normalized spacial score (nSPS) is 20.3. The Balaban J connectivity index is 1.30. The molecule has 0 bridgehead atoms. The van der Waals surface area contributed by atoms with E-state index in [2.05, 4.69) is 27.3 Å². The zero-order valence-corrected chi connectivity index (χ0v) is 16.5. The van der Waals surface area contributed by atoms with Crippen LogP contribution in [0.25, 0.3) is 10.6 Å². The van der Waals surface area contributed by atoms with E-state index >= 15 is 0 Å². The van der Waals surface area contributed by atoms with Crippen LogP contribution in [0.4, 0.5) is 0 Å². The number of piperazine rings is 1. The lowest BCUT2D eigenvalue weighted by Gasteiger charge is -2.40. The Kier molecular flexibility index (Phi) is 5.88. The fraction of sp³-hybridized carbons (Fsp3) is 0.571. The molecule has 1 aliphatic heterocycles. The molecule has 140 valence electrons. The highest BCUT2D eigenvalue weighted by molar-refractivity contribution is 7.13. The second kappa shape index (κ2) is 8.51. The van der Waals surface area contributed by atoms with E-state index in [4.69, 9.17) is 9.72 Å². The van der Waals surface area contributed by atoms with Crippen molar-refractivity contribution in [3.8, 4) is 16.3 Å². The van der Waals surface area contributed by atoms with Crippen LogP contribution in [-0.2, 0) is 6.54 Å². The first-order chi connectivity index (χ1) is 12.8. The minimum atomic E-state index is 0.854. The van der Waals surface area contributed by atoms with E-state index in [-0.39, 0.29) is 0 Å². The predicted octanol–water partition coefficient (Wildman–Crippen LogP) is 4.27. The highest BCUT2D eigenvalue weighted by Crippen LogP contribution is 2.27. The summed E-state index contributed by atoms with van der Waals surface area (Å²) in [5.74, 6) is 0.890. The second-order valence-corrected chi connectivity index (χ2v) is 8.33. The fourth-order valence-electron chi connectivity index (χ4n) is 4.21. The van der Waals surface area contributed by atoms with Crippen LogP contribution in [0, 0.1) is 0 Å². The molecule has 0 unspecified atom stereocenters. The minimum absolute atomic E-state index is 0.854. The first-order valence-electron chi connectivity index (χ1n) is 9.87. The summed E-state index contributed by atoms with van der Waals surface area (Å²) in [4.78, 5) is 10.2. The van der Waals surface area contributed by atoms with Crippen molar-refractivity contribution in [1.29, 1.82) is 0 Å². The first-order valence-corrected chi connectivity index (χ1v) is 10.7. The van der Waals surface area contributed by atoms with E-state index in [0.717, 1.165) is 23.3 Å². The van der Waals surface area contributed by atoms with Gasteiger partial charge in [0.2, 0.25) is 0 Å². The van der Waals surface area contributed by atoms with Gasteiger partial charge in [0.15, 0.2) is 0 Å². The Morgan fingerprint density at radius 2 is 1.77 bits per heavy atom. The molecule has 4 rings (SSSR count). The lowest BCUT2D eigenvalue weighted by Crippen LogP contribution is -2.50. The second-order valence-electron chi connectivity index (χ2n) is 7.48. The summed E-state index contributed by atoms with van der Waals surface area (Å²) >= 11 is 1.74. The summed E-state index contributed by atoms with van der Waals surface area (Å²) in [5, 5.41) is 3.32. The maximum Gasteiger partial charge on any atom is 0.123 e. The Hall–Kier alpha value is -1.43. The van der Waals surface area contributed by atoms with Crippen LogP contribution in [0.3, 0.4) is 0 Å². The van der Waals surface area contributed by atoms with Crippen molar-refractivity contribution in [3.05, 3.63) is 35.3 Å². The third-order valence-corrected chi connectivity index (χ3v) is 6.71. The summed E-state index contributed by atoms with van der Waals surface area (Å²) in [7, 11) is 1.70. The molecule has 0 atom stereocenters. The van der Waals surface area contributed by atoms with Crippen molar-refractivity contribution in [2.75, 3.05) is 33.3 Å². The smallest absolute Gasteiger partial charge is 0.123 e. The molecule has 1 saturated heterocycles. The summed E-state index contributed by atoms with van der Waals surface area (Å²) < 4.78 is 5.24. The number of hydrogen-bond donors (Lipinski definition) is 0. The minimum Gasteiger partial charge on any atom is -0.497 e. The van der Waals surface area contributed by atoms with Gasteiger partial charge in [0.05, 0.1) is 12.8 Å². The number of nitrogens with zero attached hydrogens (tertiary/aromatic N) is 3. The number of thiazole rings is 1. The molecule has 0 radical (unpaired) electrons. The van der Waals surface area contributed by atoms with E-state index in [0.29, 0.717) is 0 Å². The van der Waals surface area contributed by atoms with Gasteiger partial charge in [-0.05, 0) is 37.1 Å². The van der Waals surface area contributed by atoms with Gasteiger partial charge in [-0.15, -0.1) is 11.3 Å². The number of benzene rings is 1. The highest BCUT2D eigenvalue weighted by atomic mass is 32.1. The van der Waals surface area contributed by atoms with Gasteiger partial charge in [0.1, 0.15) is 10.8 Å². The van der Waals surface area contributed by atoms with E-state index in [1.165, 1.54) is 69.5 Å². The van der Waals surface area contributed by atoms with Crippen molar-refractivity contribution < 1.29 is 4.74 Å². The molecular weight excluding hydrogens is 342 g/mol. The fourth-order valence-corrected chi connectivity index (χ4v) is 5.02. The molecular formula is C21H29N3OS. The van der Waals surface area contributed by atoms with E-state index < -0.39 is 0 Å². The summed E-state index contributed by atoms with van der Waals surface area (Å²) in [6, 6.07) is 9.03. The average molecular weight is 372 g/mol. The molecule has 4 nitrogen and oxygen atoms in total. The number of hydrogen-bond acceptors (Lipinski definition) is 5. The number of aromatic nitrogens is 1. The van der Waals surface area contributed by atoms with Crippen molar-refractivity contribution in [2.24, 2.45) is 0 Å². The predicted molar refractivity (Wildman–Crippen MR) is 108 cm³/mol. The molecule has 1 aromatic carbocycles. The molecule has 0 amide bonds. The molecule has 1 aromatic heterocycles. The third kappa shape index (κ3) is 4.27. The van der Waals surface area contributed by atoms with Crippen LogP contribution < -0.4 is 4.74 Å². The molecule has 2 heterocycles. The number of ether oxygens (including phenoxy) is 1. The SMILES string of the molecule is COc1ccc(-c2nc(CN3CCN(C4CCCCC4)CC3)cs2)cc1. The monoisotopic (exact) mass is 371 g/mol. The Morgan fingerprint density at radius 3 is 2.46 bits per heavy atom. The molecule has 2 aliphatic rings. The molecule has 0 spiro atoms. The van der Waals surface area contributed by atoms with Crippen LogP contribution in [0.2, 0.25) is 0 Å². The van der Waals surface area contributed by atoms with Crippen LogP contribution in [-0.4, -0.2) is 54.1 Å². The zero-order chi connectivity index (χ0) is 17.8. The molecule has 0 N–H and O–H groups in total. The molecule has 1 saturated carbocycles. The Labute approximate surface area is 160 Å². The lowest BCUT2D eigenvalue weighted by molar-refractivity contribution is 0.0750. The van der Waals surface area contributed by atoms with E-state index in [9.17, 15) is 0 Å². The molecule has 2 fully saturated rings. The molecule has 2 aromatic rings. The molecule has 26 heavy (non-hydrogen) atoms. The van der Waals surface area contributed by atoms with Gasteiger partial charge in [-0.3, -0.25) is 9.80 Å². The van der Waals surface area contributed by atoms with Crippen LogP contribution in [0.15, 0.2) is 29.6 Å². The van der Waals surface area contributed by atoms with Crippen LogP contribution in [0.5, 0.6) is 5.75 Å². The quantitative estimate of drug-likeness (QED) is 0.785. The van der Waals surface area contributed by atoms with Gasteiger partial charge >= 0.3 is 0 Å². The van der Waals surface area contributed by atoms with Crippen LogP contribution in [0.1, 0.15) is 37.8 Å².